The Morgan fingerprint density at radius 3 is 2.65 bits per heavy atom. The van der Waals surface area contributed by atoms with Crippen LogP contribution in [0.1, 0.15) is 16.1 Å². The standard InChI is InChI=1S/C11H11N3OS2/c12-9(15)8-10(13)17-11(14-8)16-6-7-4-2-1-3-5-7/h1-5H,6,13H2,(H2,12,15). The Morgan fingerprint density at radius 1 is 1.35 bits per heavy atom. The molecule has 0 saturated heterocycles. The van der Waals surface area contributed by atoms with Gasteiger partial charge in [-0.1, -0.05) is 53.4 Å². The number of anilines is 1. The van der Waals surface area contributed by atoms with E-state index in [-0.39, 0.29) is 5.69 Å². The number of hydrogen-bond donors (Lipinski definition) is 2. The van der Waals surface area contributed by atoms with E-state index in [0.29, 0.717) is 5.00 Å². The second-order valence-corrected chi connectivity index (χ2v) is 5.58. The van der Waals surface area contributed by atoms with Crippen LogP contribution in [0.2, 0.25) is 0 Å². The van der Waals surface area contributed by atoms with Gasteiger partial charge in [0.25, 0.3) is 5.91 Å². The number of nitrogens with zero attached hydrogens (tertiary/aromatic N) is 1. The lowest BCUT2D eigenvalue weighted by molar-refractivity contribution is 0.0996. The second-order valence-electron chi connectivity index (χ2n) is 3.33. The normalized spacial score (nSPS) is 10.4. The third-order valence-corrected chi connectivity index (χ3v) is 4.17. The van der Waals surface area contributed by atoms with Crippen molar-refractivity contribution in [3.05, 3.63) is 41.6 Å². The Labute approximate surface area is 107 Å². The van der Waals surface area contributed by atoms with E-state index in [1.807, 2.05) is 30.3 Å². The van der Waals surface area contributed by atoms with Gasteiger partial charge < -0.3 is 11.5 Å². The van der Waals surface area contributed by atoms with Crippen LogP contribution in [0.5, 0.6) is 0 Å². The Hall–Kier alpha value is -1.53. The molecule has 1 aromatic carbocycles. The monoisotopic (exact) mass is 265 g/mol. The molecule has 17 heavy (non-hydrogen) atoms. The highest BCUT2D eigenvalue weighted by Crippen LogP contribution is 2.31. The predicted molar refractivity (Wildman–Crippen MR) is 71.0 cm³/mol. The minimum absolute atomic E-state index is 0.172. The summed E-state index contributed by atoms with van der Waals surface area (Å²) in [7, 11) is 0. The molecule has 88 valence electrons. The van der Waals surface area contributed by atoms with E-state index in [1.165, 1.54) is 16.9 Å². The van der Waals surface area contributed by atoms with Crippen LogP contribution in [0.25, 0.3) is 0 Å². The third kappa shape index (κ3) is 2.98. The molecule has 0 spiro atoms. The van der Waals surface area contributed by atoms with Gasteiger partial charge in [-0.15, -0.1) is 0 Å². The van der Waals surface area contributed by atoms with Crippen LogP contribution in [-0.4, -0.2) is 10.9 Å². The molecule has 0 bridgehead atoms. The Balaban J connectivity index is 2.05. The number of primary amides is 1. The summed E-state index contributed by atoms with van der Waals surface area (Å²) >= 11 is 2.84. The molecule has 0 unspecified atom stereocenters. The summed E-state index contributed by atoms with van der Waals surface area (Å²) in [5.74, 6) is 0.219. The summed E-state index contributed by atoms with van der Waals surface area (Å²) in [6.07, 6.45) is 0. The number of thiazole rings is 1. The molecule has 6 heteroatoms. The zero-order valence-corrected chi connectivity index (χ0v) is 10.6. The molecule has 1 aromatic heterocycles. The maximum absolute atomic E-state index is 11.0. The van der Waals surface area contributed by atoms with Crippen LogP contribution in [0.3, 0.4) is 0 Å². The van der Waals surface area contributed by atoms with Crippen molar-refractivity contribution < 1.29 is 4.79 Å². The van der Waals surface area contributed by atoms with Crippen molar-refractivity contribution >= 4 is 34.0 Å². The fourth-order valence-corrected chi connectivity index (χ4v) is 3.16. The summed E-state index contributed by atoms with van der Waals surface area (Å²) in [6, 6.07) is 10.0. The first-order chi connectivity index (χ1) is 8.16. The van der Waals surface area contributed by atoms with E-state index in [4.69, 9.17) is 11.5 Å². The summed E-state index contributed by atoms with van der Waals surface area (Å²) in [5.41, 5.74) is 12.2. The Kier molecular flexibility index (Phi) is 3.65. The van der Waals surface area contributed by atoms with Gasteiger partial charge in [-0.25, -0.2) is 4.98 Å². The van der Waals surface area contributed by atoms with Crippen LogP contribution >= 0.6 is 23.1 Å². The zero-order valence-electron chi connectivity index (χ0n) is 8.92. The molecule has 1 amide bonds. The molecule has 4 N–H and O–H groups in total. The number of aromatic nitrogens is 1. The molecule has 0 aliphatic rings. The van der Waals surface area contributed by atoms with E-state index in [9.17, 15) is 4.79 Å². The van der Waals surface area contributed by atoms with Gasteiger partial charge in [-0.2, -0.15) is 0 Å². The average molecular weight is 265 g/mol. The number of rotatable bonds is 4. The van der Waals surface area contributed by atoms with Gasteiger partial charge >= 0.3 is 0 Å². The van der Waals surface area contributed by atoms with E-state index in [0.717, 1.165) is 10.1 Å². The first-order valence-electron chi connectivity index (χ1n) is 4.89. The van der Waals surface area contributed by atoms with Gasteiger partial charge in [0.15, 0.2) is 10.0 Å². The Bertz CT molecular complexity index is 525. The summed E-state index contributed by atoms with van der Waals surface area (Å²) in [6.45, 7) is 0. The minimum Gasteiger partial charge on any atom is -0.389 e. The van der Waals surface area contributed by atoms with Crippen molar-refractivity contribution in [3.63, 3.8) is 0 Å². The summed E-state index contributed by atoms with van der Waals surface area (Å²) in [5, 5.41) is 0.382. The molecule has 4 nitrogen and oxygen atoms in total. The molecule has 0 fully saturated rings. The SMILES string of the molecule is NC(=O)c1nc(SCc2ccccc2)sc1N. The van der Waals surface area contributed by atoms with Crippen LogP contribution in [0.4, 0.5) is 5.00 Å². The second kappa shape index (κ2) is 5.20. The van der Waals surface area contributed by atoms with E-state index in [2.05, 4.69) is 4.98 Å². The number of carbonyl (C=O) groups is 1. The predicted octanol–water partition coefficient (Wildman–Crippen LogP) is 2.12. The van der Waals surface area contributed by atoms with Gasteiger partial charge in [-0.3, -0.25) is 4.79 Å². The maximum Gasteiger partial charge on any atom is 0.270 e. The molecular weight excluding hydrogens is 254 g/mol. The number of carbonyl (C=O) groups excluding carboxylic acids is 1. The molecule has 1 heterocycles. The fraction of sp³-hybridized carbons (Fsp3) is 0.0909. The fourth-order valence-electron chi connectivity index (χ4n) is 1.27. The van der Waals surface area contributed by atoms with Crippen molar-refractivity contribution in [2.24, 2.45) is 5.73 Å². The lowest BCUT2D eigenvalue weighted by atomic mass is 10.2. The lowest BCUT2D eigenvalue weighted by Gasteiger charge is -1.97. The van der Waals surface area contributed by atoms with Crippen molar-refractivity contribution in [2.75, 3.05) is 5.73 Å². The number of benzene rings is 1. The van der Waals surface area contributed by atoms with Crippen molar-refractivity contribution in [3.8, 4) is 0 Å². The van der Waals surface area contributed by atoms with Gasteiger partial charge in [-0.05, 0) is 5.56 Å². The number of nitrogens with two attached hydrogens (primary N) is 2. The molecule has 2 aromatic rings. The number of nitrogen functional groups attached to an aromatic ring is 1. The van der Waals surface area contributed by atoms with E-state index in [1.54, 1.807) is 11.8 Å². The number of amides is 1. The maximum atomic E-state index is 11.0. The first-order valence-corrected chi connectivity index (χ1v) is 6.70. The lowest BCUT2D eigenvalue weighted by Crippen LogP contribution is -2.13. The quantitative estimate of drug-likeness (QED) is 0.830. The highest BCUT2D eigenvalue weighted by Gasteiger charge is 2.13. The topological polar surface area (TPSA) is 82.0 Å². The van der Waals surface area contributed by atoms with Gasteiger partial charge in [0, 0.05) is 5.75 Å². The minimum atomic E-state index is -0.578. The Morgan fingerprint density at radius 2 is 2.06 bits per heavy atom. The van der Waals surface area contributed by atoms with Crippen molar-refractivity contribution in [2.45, 2.75) is 10.1 Å². The smallest absolute Gasteiger partial charge is 0.270 e. The van der Waals surface area contributed by atoms with Gasteiger partial charge in [0.2, 0.25) is 0 Å². The summed E-state index contributed by atoms with van der Waals surface area (Å²) in [4.78, 5) is 15.1. The first kappa shape index (κ1) is 11.9. The average Bonchev–Trinajstić information content (AvgIpc) is 2.69. The number of hydrogen-bond acceptors (Lipinski definition) is 5. The molecule has 0 aliphatic heterocycles. The van der Waals surface area contributed by atoms with Gasteiger partial charge in [0.05, 0.1) is 0 Å². The van der Waals surface area contributed by atoms with Crippen LogP contribution < -0.4 is 11.5 Å². The molecule has 0 saturated carbocycles. The zero-order chi connectivity index (χ0) is 12.3. The number of thioether (sulfide) groups is 1. The van der Waals surface area contributed by atoms with Gasteiger partial charge in [0.1, 0.15) is 5.00 Å². The van der Waals surface area contributed by atoms with Crippen LogP contribution in [-0.2, 0) is 5.75 Å². The molecule has 0 radical (unpaired) electrons. The van der Waals surface area contributed by atoms with Crippen molar-refractivity contribution in [1.29, 1.82) is 0 Å². The van der Waals surface area contributed by atoms with Crippen LogP contribution in [0.15, 0.2) is 34.7 Å². The molecule has 0 atom stereocenters. The van der Waals surface area contributed by atoms with Crippen molar-refractivity contribution in [1.82, 2.24) is 4.98 Å². The summed E-state index contributed by atoms with van der Waals surface area (Å²) < 4.78 is 0.764. The molecule has 0 aliphatic carbocycles. The highest BCUT2D eigenvalue weighted by atomic mass is 32.2. The third-order valence-electron chi connectivity index (χ3n) is 2.07. The van der Waals surface area contributed by atoms with Crippen LogP contribution in [0, 0.1) is 0 Å². The highest BCUT2D eigenvalue weighted by molar-refractivity contribution is 8.00. The molecular formula is C11H11N3OS2. The van der Waals surface area contributed by atoms with E-state index < -0.39 is 5.91 Å². The molecule has 2 rings (SSSR count). The largest absolute Gasteiger partial charge is 0.389 e. The van der Waals surface area contributed by atoms with E-state index >= 15 is 0 Å².